The Bertz CT molecular complexity index is 2200. The number of fused-ring (bicyclic) bond motifs is 2. The molecule has 0 saturated heterocycles. The van der Waals surface area contributed by atoms with E-state index < -0.39 is 52.4 Å². The second-order valence-corrected chi connectivity index (χ2v) is 13.1. The van der Waals surface area contributed by atoms with Crippen molar-refractivity contribution >= 4 is 78.1 Å². The van der Waals surface area contributed by atoms with Gasteiger partial charge in [0.1, 0.15) is 52.2 Å². The lowest BCUT2D eigenvalue weighted by Crippen LogP contribution is -2.33. The number of ether oxygens (including phenoxy) is 2. The van der Waals surface area contributed by atoms with Gasteiger partial charge in [-0.2, -0.15) is 0 Å². The molecule has 4 aromatic carbocycles. The number of aliphatic hydroxyl groups is 1. The maximum absolute atomic E-state index is 14.5. The van der Waals surface area contributed by atoms with Crippen molar-refractivity contribution in [1.82, 2.24) is 15.3 Å². The fourth-order valence-electron chi connectivity index (χ4n) is 4.28. The minimum Gasteiger partial charge on any atom is -0.483 e. The van der Waals surface area contributed by atoms with Crippen LogP contribution in [0.4, 0.5) is 17.6 Å². The van der Waals surface area contributed by atoms with Gasteiger partial charge in [-0.1, -0.05) is 23.2 Å². The first-order valence-electron chi connectivity index (χ1n) is 13.9. The van der Waals surface area contributed by atoms with Gasteiger partial charge >= 0.3 is 0 Å². The molecule has 17 heteroatoms. The Morgan fingerprint density at radius 3 is 1.69 bits per heavy atom. The average Bonchev–Trinajstić information content (AvgIpc) is 3.62. The zero-order valence-electron chi connectivity index (χ0n) is 24.9. The maximum atomic E-state index is 14.5. The van der Waals surface area contributed by atoms with E-state index in [2.05, 4.69) is 9.97 Å². The Morgan fingerprint density at radius 2 is 1.24 bits per heavy atom. The van der Waals surface area contributed by atoms with E-state index in [0.717, 1.165) is 33.7 Å². The van der Waals surface area contributed by atoms with E-state index in [1.165, 1.54) is 29.6 Å². The molecule has 2 heterocycles. The van der Waals surface area contributed by atoms with Gasteiger partial charge in [0.15, 0.2) is 23.1 Å². The summed E-state index contributed by atoms with van der Waals surface area (Å²) >= 11 is 14.5. The van der Waals surface area contributed by atoms with E-state index in [-0.39, 0.29) is 24.7 Å². The number of hydrogen-bond donors (Lipinski definition) is 3. The summed E-state index contributed by atoms with van der Waals surface area (Å²) in [4.78, 5) is 31.6. The maximum Gasteiger partial charge on any atom is 0.259 e. The molecule has 0 saturated carbocycles. The highest BCUT2D eigenvalue weighted by Crippen LogP contribution is 2.30. The van der Waals surface area contributed by atoms with E-state index in [1.807, 2.05) is 17.4 Å². The van der Waals surface area contributed by atoms with Crippen LogP contribution in [0.2, 0.25) is 10.0 Å². The standard InChI is InChI=1S/C17H13ClF2N2O3S.C15H9ClF2N2O2S/c1-8(23)21-17(24)15-10(19)3-4-12(16(15)20)25-7-14-22-11-6-9(18)2-5-13(11)26-14;16-7-1-4-11-9(5-7)20-12(23-11)6-22-10-3-2-8(17)13(14(10)18)15(19)21/h2-6,8,23H,7H2,1H3,(H,21,24);1-5H,6H2,(H2,19,21). The number of carbonyl (C=O) groups excluding carboxylic acids is 2. The molecule has 6 rings (SSSR count). The molecule has 2 amide bonds. The van der Waals surface area contributed by atoms with E-state index in [4.69, 9.17) is 43.5 Å². The van der Waals surface area contributed by atoms with Crippen LogP contribution in [-0.2, 0) is 13.2 Å². The summed E-state index contributed by atoms with van der Waals surface area (Å²) in [6.45, 7) is 1.17. The second-order valence-electron chi connectivity index (χ2n) is 10.00. The molecule has 1 atom stereocenters. The molecule has 1 unspecified atom stereocenters. The Morgan fingerprint density at radius 1 is 0.796 bits per heavy atom. The summed E-state index contributed by atoms with van der Waals surface area (Å²) in [5.74, 6) is -7.18. The molecule has 0 spiro atoms. The van der Waals surface area contributed by atoms with Gasteiger partial charge in [0.2, 0.25) is 0 Å². The van der Waals surface area contributed by atoms with Gasteiger partial charge in [0.25, 0.3) is 11.8 Å². The van der Waals surface area contributed by atoms with Crippen LogP contribution < -0.4 is 20.5 Å². The molecular weight excluding hydrogens is 731 g/mol. The predicted octanol–water partition coefficient (Wildman–Crippen LogP) is 7.78. The lowest BCUT2D eigenvalue weighted by Gasteiger charge is -2.12. The largest absolute Gasteiger partial charge is 0.483 e. The highest BCUT2D eigenvalue weighted by Gasteiger charge is 2.23. The van der Waals surface area contributed by atoms with Crippen LogP contribution in [0.15, 0.2) is 60.7 Å². The molecule has 0 radical (unpaired) electrons. The van der Waals surface area contributed by atoms with Crippen molar-refractivity contribution in [1.29, 1.82) is 0 Å². The molecule has 0 aliphatic rings. The number of aromatic nitrogens is 2. The van der Waals surface area contributed by atoms with Gasteiger partial charge in [-0.05, 0) is 67.6 Å². The summed E-state index contributed by atoms with van der Waals surface area (Å²) in [5.41, 5.74) is 4.72. The summed E-state index contributed by atoms with van der Waals surface area (Å²) < 4.78 is 68.2. The van der Waals surface area contributed by atoms with Gasteiger partial charge in [-0.3, -0.25) is 9.59 Å². The number of nitrogens with one attached hydrogen (secondary N) is 1. The number of aliphatic hydroxyl groups excluding tert-OH is 1. The third-order valence-electron chi connectivity index (χ3n) is 6.41. The molecular formula is C32H22Cl2F4N4O5S2. The highest BCUT2D eigenvalue weighted by atomic mass is 35.5. The van der Waals surface area contributed by atoms with Gasteiger partial charge < -0.3 is 25.6 Å². The number of amides is 2. The molecule has 6 aromatic rings. The number of nitrogens with zero attached hydrogens (tertiary/aromatic N) is 2. The number of rotatable bonds is 9. The number of hydrogen-bond acceptors (Lipinski definition) is 9. The predicted molar refractivity (Wildman–Crippen MR) is 178 cm³/mol. The highest BCUT2D eigenvalue weighted by molar-refractivity contribution is 7.18. The molecule has 254 valence electrons. The number of halogens is 6. The van der Waals surface area contributed by atoms with Crippen LogP contribution in [0.3, 0.4) is 0 Å². The van der Waals surface area contributed by atoms with Crippen molar-refractivity contribution in [3.63, 3.8) is 0 Å². The minimum absolute atomic E-state index is 0.0300. The van der Waals surface area contributed by atoms with Gasteiger partial charge in [0.05, 0.1) is 20.4 Å². The first kappa shape index (κ1) is 35.8. The first-order chi connectivity index (χ1) is 23.3. The summed E-state index contributed by atoms with van der Waals surface area (Å²) in [5, 5.41) is 13.4. The molecule has 0 fully saturated rings. The van der Waals surface area contributed by atoms with E-state index in [0.29, 0.717) is 31.1 Å². The van der Waals surface area contributed by atoms with Crippen LogP contribution >= 0.6 is 45.9 Å². The quantitative estimate of drug-likeness (QED) is 0.101. The van der Waals surface area contributed by atoms with Crippen LogP contribution in [0, 0.1) is 23.3 Å². The van der Waals surface area contributed by atoms with Gasteiger partial charge in [0, 0.05) is 10.0 Å². The van der Waals surface area contributed by atoms with Gasteiger partial charge in [-0.25, -0.2) is 27.5 Å². The molecule has 49 heavy (non-hydrogen) atoms. The lowest BCUT2D eigenvalue weighted by atomic mass is 10.1. The fraction of sp³-hybridized carbons (Fsp3) is 0.125. The van der Waals surface area contributed by atoms with Crippen molar-refractivity contribution in [2.45, 2.75) is 26.4 Å². The summed E-state index contributed by atoms with van der Waals surface area (Å²) in [6.07, 6.45) is -1.25. The number of primary amides is 1. The zero-order chi connectivity index (χ0) is 35.4. The van der Waals surface area contributed by atoms with Gasteiger partial charge in [-0.15, -0.1) is 22.7 Å². The minimum atomic E-state index is -1.25. The van der Waals surface area contributed by atoms with Crippen molar-refractivity contribution in [3.05, 3.63) is 115 Å². The fourth-order valence-corrected chi connectivity index (χ4v) is 6.34. The van der Waals surface area contributed by atoms with Crippen LogP contribution in [0.25, 0.3) is 20.4 Å². The van der Waals surface area contributed by atoms with Crippen molar-refractivity contribution in [3.8, 4) is 11.5 Å². The second kappa shape index (κ2) is 15.3. The normalized spacial score (nSPS) is 11.6. The number of nitrogens with two attached hydrogens (primary N) is 1. The lowest BCUT2D eigenvalue weighted by molar-refractivity contribution is 0.0808. The molecule has 2 aromatic heterocycles. The van der Waals surface area contributed by atoms with Crippen molar-refractivity contribution < 1.29 is 41.7 Å². The zero-order valence-corrected chi connectivity index (χ0v) is 28.0. The van der Waals surface area contributed by atoms with Crippen molar-refractivity contribution in [2.24, 2.45) is 5.73 Å². The van der Waals surface area contributed by atoms with Crippen molar-refractivity contribution in [2.75, 3.05) is 0 Å². The molecule has 0 bridgehead atoms. The summed E-state index contributed by atoms with van der Waals surface area (Å²) in [6, 6.07) is 14.6. The smallest absolute Gasteiger partial charge is 0.259 e. The SMILES string of the molecule is CC(O)NC(=O)c1c(F)ccc(OCc2nc3cc(Cl)ccc3s2)c1F.NC(=O)c1c(F)ccc(OCc2nc3cc(Cl)ccc3s2)c1F. The molecule has 9 nitrogen and oxygen atoms in total. The van der Waals surface area contributed by atoms with Crippen LogP contribution in [-0.4, -0.2) is 33.1 Å². The first-order valence-corrected chi connectivity index (χ1v) is 16.3. The Kier molecular flexibility index (Phi) is 11.2. The summed E-state index contributed by atoms with van der Waals surface area (Å²) in [7, 11) is 0. The molecule has 0 aliphatic heterocycles. The number of thiazole rings is 2. The monoisotopic (exact) mass is 752 g/mol. The third kappa shape index (κ3) is 8.55. The Labute approximate surface area is 292 Å². The van der Waals surface area contributed by atoms with Crippen LogP contribution in [0.5, 0.6) is 11.5 Å². The number of carbonyl (C=O) groups is 2. The molecule has 4 N–H and O–H groups in total. The average molecular weight is 754 g/mol. The molecule has 0 aliphatic carbocycles. The van der Waals surface area contributed by atoms with Crippen LogP contribution in [0.1, 0.15) is 37.7 Å². The Hall–Kier alpha value is -4.54. The van der Waals surface area contributed by atoms with E-state index in [9.17, 15) is 27.2 Å². The van der Waals surface area contributed by atoms with E-state index in [1.54, 1.807) is 24.3 Å². The third-order valence-corrected chi connectivity index (χ3v) is 8.90. The number of benzene rings is 4. The Balaban J connectivity index is 0.000000192. The van der Waals surface area contributed by atoms with E-state index >= 15 is 0 Å². The topological polar surface area (TPSA) is 137 Å².